The van der Waals surface area contributed by atoms with Crippen molar-refractivity contribution in [3.05, 3.63) is 434 Å². The Hall–Kier alpha value is -12.7. The molecule has 0 heterocycles. The summed E-state index contributed by atoms with van der Waals surface area (Å²) in [6.45, 7) is 8.10. The summed E-state index contributed by atoms with van der Waals surface area (Å²) >= 11 is 0. The van der Waals surface area contributed by atoms with Crippen molar-refractivity contribution in [1.29, 1.82) is 0 Å². The fourth-order valence-electron chi connectivity index (χ4n) is 20.7. The zero-order valence-electron chi connectivity index (χ0n) is 75.2. The van der Waals surface area contributed by atoms with E-state index in [1.807, 2.05) is 0 Å². The minimum absolute atomic E-state index is 0.0538. The third-order valence-corrected chi connectivity index (χ3v) is 29.4. The average molecular weight is 1690 g/mol. The zero-order chi connectivity index (χ0) is 87.8. The van der Waals surface area contributed by atoms with Gasteiger partial charge in [0.25, 0.3) is 0 Å². The molecule has 0 spiro atoms. The quantitative estimate of drug-likeness (QED) is 0.0798. The minimum atomic E-state index is -0.517. The van der Waals surface area contributed by atoms with E-state index in [4.69, 9.17) is 28.4 Å². The second kappa shape index (κ2) is 37.5. The highest BCUT2D eigenvalue weighted by atomic mass is 16.7. The Morgan fingerprint density at radius 1 is 0.147 bits per heavy atom. The lowest BCUT2D eigenvalue weighted by molar-refractivity contribution is -0.203. The van der Waals surface area contributed by atoms with Crippen LogP contribution in [0.25, 0.3) is 134 Å². The van der Waals surface area contributed by atoms with Crippen LogP contribution in [0, 0.1) is 0 Å². The van der Waals surface area contributed by atoms with Gasteiger partial charge in [0.1, 0.15) is 20.4 Å². The van der Waals surface area contributed by atoms with Gasteiger partial charge in [-0.15, -0.1) is 0 Å². The molecule has 0 atom stereocenters. The Kier molecular flexibility index (Phi) is 24.9. The van der Waals surface area contributed by atoms with Crippen molar-refractivity contribution in [1.82, 2.24) is 0 Å². The molecule has 3 fully saturated rings. The molecule has 6 nitrogen and oxygen atoms in total. The zero-order valence-corrected chi connectivity index (χ0v) is 75.2. The van der Waals surface area contributed by atoms with Crippen molar-refractivity contribution in [2.75, 3.05) is 41.7 Å². The summed E-state index contributed by atoms with van der Waals surface area (Å²) in [6, 6.07) is 147. The average Bonchev–Trinajstić information content (AvgIpc) is 0.753. The largest absolute Gasteiger partial charge is 0.359 e. The molecule has 0 saturated heterocycles. The van der Waals surface area contributed by atoms with Crippen molar-refractivity contribution in [2.45, 2.75) is 131 Å². The van der Waals surface area contributed by atoms with Crippen LogP contribution < -0.4 is 0 Å². The van der Waals surface area contributed by atoms with Crippen LogP contribution in [0.4, 0.5) is 0 Å². The predicted octanol–water partition coefficient (Wildman–Crippen LogP) is 31.7. The third kappa shape index (κ3) is 18.3. The molecule has 0 aromatic heterocycles. The van der Waals surface area contributed by atoms with Gasteiger partial charge in [0, 0.05) is 21.3 Å². The van der Waals surface area contributed by atoms with Gasteiger partial charge >= 0.3 is 0 Å². The molecule has 22 aliphatic rings. The number of ether oxygens (including phenoxy) is 6. The van der Waals surface area contributed by atoms with Gasteiger partial charge in [0.05, 0.1) is 16.8 Å². The summed E-state index contributed by atoms with van der Waals surface area (Å²) < 4.78 is 36.7. The van der Waals surface area contributed by atoms with Gasteiger partial charge in [-0.3, -0.25) is 0 Å². The summed E-state index contributed by atoms with van der Waals surface area (Å²) in [6.07, 6.45) is 11.6. The van der Waals surface area contributed by atoms with Crippen LogP contribution in [0.15, 0.2) is 400 Å². The maximum atomic E-state index is 6.69. The number of rotatable bonds is 18. The van der Waals surface area contributed by atoms with Gasteiger partial charge in [-0.25, -0.2) is 0 Å². The van der Waals surface area contributed by atoms with Gasteiger partial charge in [0.2, 0.25) is 0 Å². The normalized spacial score (nSPS) is 20.4. The Morgan fingerprint density at radius 2 is 0.264 bits per heavy atom. The molecule has 129 heavy (non-hydrogen) atoms. The van der Waals surface area contributed by atoms with Crippen LogP contribution in [0.3, 0.4) is 0 Å². The van der Waals surface area contributed by atoms with Gasteiger partial charge in [-0.1, -0.05) is 421 Å². The van der Waals surface area contributed by atoms with Crippen LogP contribution in [0.5, 0.6) is 0 Å². The molecule has 0 aliphatic heterocycles. The molecule has 6 heteroatoms. The molecular formula is C123H114O6. The highest BCUT2D eigenvalue weighted by molar-refractivity contribution is 5.80. The topological polar surface area (TPSA) is 55.4 Å². The van der Waals surface area contributed by atoms with Crippen LogP contribution in [-0.4, -0.2) is 41.7 Å². The first-order valence-corrected chi connectivity index (χ1v) is 46.1. The highest BCUT2D eigenvalue weighted by Gasteiger charge is 2.48. The monoisotopic (exact) mass is 1690 g/mol. The van der Waals surface area contributed by atoms with Crippen LogP contribution in [0.2, 0.25) is 0 Å². The molecule has 18 bridgehead atoms. The summed E-state index contributed by atoms with van der Waals surface area (Å²) in [5.41, 5.74) is 36.0. The number of methoxy groups -OCH3 is 3. The predicted molar refractivity (Wildman–Crippen MR) is 532 cm³/mol. The second-order valence-electron chi connectivity index (χ2n) is 37.1. The Balaban J connectivity index is 0.000000169. The van der Waals surface area contributed by atoms with Crippen molar-refractivity contribution in [3.8, 4) is 134 Å². The van der Waals surface area contributed by atoms with Crippen molar-refractivity contribution >= 4 is 0 Å². The van der Waals surface area contributed by atoms with E-state index in [-0.39, 0.29) is 36.6 Å². The number of hydrogen-bond donors (Lipinski definition) is 0. The summed E-state index contributed by atoms with van der Waals surface area (Å²) in [5, 5.41) is 0. The van der Waals surface area contributed by atoms with E-state index in [0.717, 1.165) is 75.3 Å². The molecular weight excluding hydrogens is 1570 g/mol. The number of benzene rings is 16. The molecule has 16 aromatic rings. The van der Waals surface area contributed by atoms with Crippen molar-refractivity contribution in [2.24, 2.45) is 0 Å². The lowest BCUT2D eigenvalue weighted by Gasteiger charge is -2.46. The SMILES string of the molecule is COCOC12CCC(C)(CC1)c1ccc(cc1)-c1ccc(cc1)C1(C)CCC(C)(CC1)c1ccc(cc1)-c1ccc(cc1)C1(OCOC)CCC(OCOC)(CC1)c1ccc(cc1)-c1ccc2cc1.c1ccc(-c2ccc(-c3ccc(-c4ccc(-c5ccc(-c6ccc(-c7ccc(-c8ccc(-c9ccc(-c%10ccccc%10)cc9)cc8)cc7)cc6)cc5)cc4)cc3)cc2)cc1. The van der Waals surface area contributed by atoms with Gasteiger partial charge in [0.15, 0.2) is 0 Å². The van der Waals surface area contributed by atoms with E-state index in [0.29, 0.717) is 0 Å². The second-order valence-corrected chi connectivity index (χ2v) is 37.1. The molecule has 0 amide bonds. The van der Waals surface area contributed by atoms with E-state index < -0.39 is 16.8 Å². The molecule has 22 aliphatic carbocycles. The lowest BCUT2D eigenvalue weighted by Crippen LogP contribution is -2.43. The first-order valence-electron chi connectivity index (χ1n) is 46.1. The van der Waals surface area contributed by atoms with E-state index in [1.54, 1.807) is 21.3 Å². The van der Waals surface area contributed by atoms with Crippen molar-refractivity contribution < 1.29 is 28.4 Å². The van der Waals surface area contributed by atoms with Gasteiger partial charge in [-0.2, -0.15) is 0 Å². The van der Waals surface area contributed by atoms with Crippen LogP contribution in [-0.2, 0) is 61.5 Å². The van der Waals surface area contributed by atoms with Crippen molar-refractivity contribution in [3.63, 3.8) is 0 Å². The first kappa shape index (κ1) is 85.7. The molecule has 642 valence electrons. The highest BCUT2D eigenvalue weighted by Crippen LogP contribution is 2.54. The molecule has 0 radical (unpaired) electrons. The summed E-state index contributed by atoms with van der Waals surface area (Å²) in [5.74, 6) is 0. The molecule has 0 unspecified atom stereocenters. The Bertz CT molecular complexity index is 6160. The number of hydrogen-bond acceptors (Lipinski definition) is 6. The minimum Gasteiger partial charge on any atom is -0.359 e. The fourth-order valence-corrected chi connectivity index (χ4v) is 20.7. The standard InChI is InChI=1S/C63H72O6.C60H42/c1-58-31-33-59(2,34-32-58)53-21-9-48(10-22-53)49-15-27-56(28-16-49)62(68-44-65-5)39-41-63(42-40-62,69-45-66-6)57-29-17-51(18-30-57)50-13-25-55(26-14-50)61(67-43-64-4)37-35-60(3,36-38-61)54-23-11-47(12-24-54)46-7-19-52(58)20-8-46;1-3-7-43(8-4-1)45-11-15-47(16-12-45)49-19-23-51(24-20-49)53-27-31-55(32-28-53)57-35-39-59(40-36-57)60-41-37-58(38-42-60)56-33-29-54(30-34-56)52-25-21-50(22-26-52)48-17-13-46(14-18-48)44-9-5-2-6-10-44/h7-30H,31-45H2,1-6H3;1-42H. The summed E-state index contributed by atoms with van der Waals surface area (Å²) in [4.78, 5) is 0. The van der Waals surface area contributed by atoms with E-state index in [2.05, 4.69) is 421 Å². The van der Waals surface area contributed by atoms with E-state index in [1.165, 1.54) is 169 Å². The van der Waals surface area contributed by atoms with Gasteiger partial charge < -0.3 is 28.4 Å². The van der Waals surface area contributed by atoms with Gasteiger partial charge in [-0.05, 0) is 260 Å². The molecule has 16 aromatic carbocycles. The molecule has 38 rings (SSSR count). The maximum absolute atomic E-state index is 6.69. The summed E-state index contributed by atoms with van der Waals surface area (Å²) in [7, 11) is 5.11. The third-order valence-electron chi connectivity index (χ3n) is 29.4. The van der Waals surface area contributed by atoms with E-state index in [9.17, 15) is 0 Å². The van der Waals surface area contributed by atoms with E-state index >= 15 is 0 Å². The Morgan fingerprint density at radius 3 is 0.411 bits per heavy atom. The molecule has 0 N–H and O–H groups in total. The van der Waals surface area contributed by atoms with Crippen LogP contribution >= 0.6 is 0 Å². The lowest BCUT2D eigenvalue weighted by atomic mass is 9.60. The maximum Gasteiger partial charge on any atom is 0.147 e. The Labute approximate surface area is 763 Å². The van der Waals surface area contributed by atoms with Crippen LogP contribution in [0.1, 0.15) is 131 Å². The smallest absolute Gasteiger partial charge is 0.147 e. The fraction of sp³-hybridized carbons (Fsp3) is 0.220. The first-order chi connectivity index (χ1) is 63.2. The molecule has 3 saturated carbocycles.